The second-order valence-corrected chi connectivity index (χ2v) is 8.39. The van der Waals surface area contributed by atoms with Crippen molar-refractivity contribution in [3.05, 3.63) is 9.47 Å². The highest BCUT2D eigenvalue weighted by Gasteiger charge is 2.27. The van der Waals surface area contributed by atoms with Crippen LogP contribution in [0.5, 0.6) is 0 Å². The van der Waals surface area contributed by atoms with E-state index in [1.165, 1.54) is 9.36 Å². The standard InChI is InChI=1S/C12H19Br2N8O3P/c1-5-24-26(23,25-6-2)7-8(15-11-17-9(13)19-21(11)3)16-12-18-10(14)20-22(12)4/h5-7H2,1-4H3,(H,15,16,17,18,19,20). The van der Waals surface area contributed by atoms with Crippen LogP contribution in [0.25, 0.3) is 0 Å². The van der Waals surface area contributed by atoms with E-state index in [-0.39, 0.29) is 19.4 Å². The van der Waals surface area contributed by atoms with Gasteiger partial charge in [0.1, 0.15) is 12.0 Å². The van der Waals surface area contributed by atoms with Gasteiger partial charge in [-0.3, -0.25) is 4.57 Å². The highest BCUT2D eigenvalue weighted by Crippen LogP contribution is 2.48. The average molecular weight is 514 g/mol. The topological polar surface area (TPSA) is 121 Å². The molecule has 0 aliphatic rings. The summed E-state index contributed by atoms with van der Waals surface area (Å²) in [6.07, 6.45) is -0.0936. The van der Waals surface area contributed by atoms with Gasteiger partial charge in [-0.05, 0) is 45.7 Å². The first-order valence-electron chi connectivity index (χ1n) is 7.62. The summed E-state index contributed by atoms with van der Waals surface area (Å²) in [5.41, 5.74) is 0. The van der Waals surface area contributed by atoms with Gasteiger partial charge in [-0.1, -0.05) is 0 Å². The van der Waals surface area contributed by atoms with Crippen LogP contribution in [0, 0.1) is 0 Å². The molecule has 0 spiro atoms. The Morgan fingerprint density at radius 2 is 1.69 bits per heavy atom. The Morgan fingerprint density at radius 3 is 2.15 bits per heavy atom. The van der Waals surface area contributed by atoms with E-state index in [0.29, 0.717) is 27.2 Å². The lowest BCUT2D eigenvalue weighted by Gasteiger charge is -2.18. The van der Waals surface area contributed by atoms with Crippen LogP contribution in [0.2, 0.25) is 0 Å². The minimum Gasteiger partial charge on any atom is -0.312 e. The lowest BCUT2D eigenvalue weighted by Crippen LogP contribution is -2.21. The van der Waals surface area contributed by atoms with Crippen molar-refractivity contribution in [1.29, 1.82) is 0 Å². The molecule has 0 radical (unpaired) electrons. The summed E-state index contributed by atoms with van der Waals surface area (Å²) in [6, 6.07) is 0. The molecule has 0 saturated heterocycles. The van der Waals surface area contributed by atoms with Crippen LogP contribution in [0.4, 0.5) is 11.9 Å². The molecular formula is C12H19Br2N8O3P. The smallest absolute Gasteiger partial charge is 0.312 e. The summed E-state index contributed by atoms with van der Waals surface area (Å²) in [4.78, 5) is 12.8. The predicted octanol–water partition coefficient (Wildman–Crippen LogP) is 2.88. The molecule has 144 valence electrons. The number of nitrogens with zero attached hydrogens (tertiary/aromatic N) is 7. The largest absolute Gasteiger partial charge is 0.338 e. The van der Waals surface area contributed by atoms with Crippen LogP contribution in [0.3, 0.4) is 0 Å². The van der Waals surface area contributed by atoms with Crippen LogP contribution in [0.15, 0.2) is 14.5 Å². The predicted molar refractivity (Wildman–Crippen MR) is 104 cm³/mol. The molecule has 0 unspecified atom stereocenters. The Labute approximate surface area is 167 Å². The number of aromatic nitrogens is 6. The minimum atomic E-state index is -3.40. The van der Waals surface area contributed by atoms with E-state index >= 15 is 0 Å². The van der Waals surface area contributed by atoms with E-state index in [1.54, 1.807) is 27.9 Å². The molecule has 2 rings (SSSR count). The van der Waals surface area contributed by atoms with Crippen molar-refractivity contribution in [2.24, 2.45) is 19.1 Å². The van der Waals surface area contributed by atoms with E-state index in [9.17, 15) is 4.57 Å². The second kappa shape index (κ2) is 9.18. The highest BCUT2D eigenvalue weighted by molar-refractivity contribution is 9.10. The molecular weight excluding hydrogens is 495 g/mol. The Morgan fingerprint density at radius 1 is 1.12 bits per heavy atom. The highest BCUT2D eigenvalue weighted by atomic mass is 79.9. The fourth-order valence-electron chi connectivity index (χ4n) is 1.96. The molecule has 0 atom stereocenters. The first kappa shape index (κ1) is 21.2. The van der Waals surface area contributed by atoms with Crippen molar-refractivity contribution in [2.75, 3.05) is 24.7 Å². The van der Waals surface area contributed by atoms with Gasteiger partial charge in [0.05, 0.1) is 13.2 Å². The van der Waals surface area contributed by atoms with Gasteiger partial charge < -0.3 is 14.4 Å². The summed E-state index contributed by atoms with van der Waals surface area (Å²) >= 11 is 6.40. The molecule has 1 N–H and O–H groups in total. The number of halogens is 2. The number of nitrogens with one attached hydrogen (secondary N) is 1. The number of aliphatic imine (C=N–C) groups is 1. The number of hydrogen-bond donors (Lipinski definition) is 1. The molecule has 0 fully saturated rings. The van der Waals surface area contributed by atoms with Gasteiger partial charge in [-0.15, -0.1) is 10.2 Å². The number of aryl methyl sites for hydroxylation is 2. The minimum absolute atomic E-state index is 0.0936. The normalized spacial score (nSPS) is 12.6. The molecule has 2 aromatic rings. The number of rotatable bonds is 8. The summed E-state index contributed by atoms with van der Waals surface area (Å²) < 4.78 is 27.4. The first-order valence-corrected chi connectivity index (χ1v) is 10.9. The van der Waals surface area contributed by atoms with Crippen LogP contribution in [-0.2, 0) is 27.7 Å². The zero-order chi connectivity index (χ0) is 19.3. The SMILES string of the molecule is CCOP(=O)(CC(=Nc1nc(Br)nn1C)Nc1nc(Br)nn1C)OCC. The molecule has 2 heterocycles. The maximum atomic E-state index is 12.9. The fraction of sp³-hybridized carbons (Fsp3) is 0.583. The van der Waals surface area contributed by atoms with Gasteiger partial charge in [0.2, 0.25) is 21.4 Å². The zero-order valence-electron chi connectivity index (χ0n) is 14.7. The van der Waals surface area contributed by atoms with Crippen LogP contribution >= 0.6 is 39.5 Å². The Balaban J connectivity index is 2.39. The van der Waals surface area contributed by atoms with Crippen molar-refractivity contribution < 1.29 is 13.6 Å². The molecule has 0 amide bonds. The fourth-order valence-corrected chi connectivity index (χ4v) is 4.33. The van der Waals surface area contributed by atoms with Crippen molar-refractivity contribution in [1.82, 2.24) is 29.5 Å². The molecule has 2 aromatic heterocycles. The lowest BCUT2D eigenvalue weighted by atomic mass is 10.6. The number of hydrogen-bond acceptors (Lipinski definition) is 8. The average Bonchev–Trinajstić information content (AvgIpc) is 3.00. The maximum absolute atomic E-state index is 12.9. The number of anilines is 1. The first-order chi connectivity index (χ1) is 12.3. The van der Waals surface area contributed by atoms with Crippen LogP contribution < -0.4 is 5.32 Å². The van der Waals surface area contributed by atoms with E-state index in [4.69, 9.17) is 9.05 Å². The third kappa shape index (κ3) is 5.68. The quantitative estimate of drug-likeness (QED) is 0.325. The van der Waals surface area contributed by atoms with Crippen LogP contribution in [-0.4, -0.2) is 54.7 Å². The maximum Gasteiger partial charge on any atom is 0.338 e. The molecule has 14 heteroatoms. The molecule has 0 bridgehead atoms. The third-order valence-electron chi connectivity index (χ3n) is 2.94. The summed E-state index contributed by atoms with van der Waals surface area (Å²) in [6.45, 7) is 3.98. The van der Waals surface area contributed by atoms with Crippen molar-refractivity contribution in [3.8, 4) is 0 Å². The van der Waals surface area contributed by atoms with E-state index < -0.39 is 7.60 Å². The summed E-state index contributed by atoms with van der Waals surface area (Å²) in [7, 11) is 0.00424. The van der Waals surface area contributed by atoms with Gasteiger partial charge in [0, 0.05) is 14.1 Å². The van der Waals surface area contributed by atoms with E-state index in [0.717, 1.165) is 0 Å². The number of amidine groups is 1. The zero-order valence-corrected chi connectivity index (χ0v) is 18.7. The molecule has 26 heavy (non-hydrogen) atoms. The van der Waals surface area contributed by atoms with E-state index in [1.807, 2.05) is 0 Å². The van der Waals surface area contributed by atoms with Gasteiger partial charge in [-0.25, -0.2) is 9.36 Å². The molecule has 0 aliphatic carbocycles. The van der Waals surface area contributed by atoms with Crippen LogP contribution in [0.1, 0.15) is 13.8 Å². The lowest BCUT2D eigenvalue weighted by molar-refractivity contribution is 0.223. The Hall–Kier alpha value is -1.14. The molecule has 0 aliphatic heterocycles. The van der Waals surface area contributed by atoms with Crippen molar-refractivity contribution >= 4 is 57.2 Å². The Bertz CT molecular complexity index is 827. The summed E-state index contributed by atoms with van der Waals surface area (Å²) in [5, 5.41) is 11.2. The second-order valence-electron chi connectivity index (χ2n) is 4.92. The van der Waals surface area contributed by atoms with Gasteiger partial charge >= 0.3 is 7.60 Å². The Kier molecular flexibility index (Phi) is 7.47. The molecule has 11 nitrogen and oxygen atoms in total. The van der Waals surface area contributed by atoms with Gasteiger partial charge in [-0.2, -0.15) is 15.0 Å². The molecule has 0 saturated carbocycles. The van der Waals surface area contributed by atoms with Crippen molar-refractivity contribution in [2.45, 2.75) is 13.8 Å². The molecule has 0 aromatic carbocycles. The monoisotopic (exact) mass is 512 g/mol. The third-order valence-corrected chi connectivity index (χ3v) is 5.60. The summed E-state index contributed by atoms with van der Waals surface area (Å²) in [5.74, 6) is 0.998. The van der Waals surface area contributed by atoms with Gasteiger partial charge in [0.15, 0.2) is 0 Å². The van der Waals surface area contributed by atoms with E-state index in [2.05, 4.69) is 62.3 Å². The van der Waals surface area contributed by atoms with Crippen molar-refractivity contribution in [3.63, 3.8) is 0 Å². The van der Waals surface area contributed by atoms with Gasteiger partial charge in [0.25, 0.3) is 0 Å².